The number of nitrogens with zero attached hydrogens (tertiary/aromatic N) is 3. The first-order valence-electron chi connectivity index (χ1n) is 8.68. The highest BCUT2D eigenvalue weighted by molar-refractivity contribution is 6.09. The van der Waals surface area contributed by atoms with Gasteiger partial charge in [0.15, 0.2) is 5.78 Å². The maximum absolute atomic E-state index is 12.4. The monoisotopic (exact) mass is 323 g/mol. The second-order valence-corrected chi connectivity index (χ2v) is 7.24. The summed E-state index contributed by atoms with van der Waals surface area (Å²) in [7, 11) is 0. The summed E-state index contributed by atoms with van der Waals surface area (Å²) in [5, 5.41) is 18.9. The fourth-order valence-corrected chi connectivity index (χ4v) is 4.28. The molecule has 0 atom stereocenters. The Bertz CT molecular complexity index is 761. The van der Waals surface area contributed by atoms with Crippen molar-refractivity contribution >= 4 is 11.5 Å². The molecule has 0 aromatic carbocycles. The van der Waals surface area contributed by atoms with Crippen LogP contribution in [0.25, 0.3) is 5.70 Å². The summed E-state index contributed by atoms with van der Waals surface area (Å²) >= 11 is 0. The third kappa shape index (κ3) is 2.33. The fourth-order valence-electron chi connectivity index (χ4n) is 4.28. The number of fused-ring (bicyclic) bond motifs is 1. The molecule has 4 rings (SSSR count). The molecule has 124 valence electrons. The molecule has 2 fully saturated rings. The summed E-state index contributed by atoms with van der Waals surface area (Å²) in [4.78, 5) is 19.1. The maximum atomic E-state index is 12.4. The van der Waals surface area contributed by atoms with E-state index in [0.717, 1.165) is 31.5 Å². The molecule has 24 heavy (non-hydrogen) atoms. The molecule has 2 aliphatic carbocycles. The normalized spacial score (nSPS) is 22.2. The molecule has 1 aliphatic heterocycles. The van der Waals surface area contributed by atoms with Crippen LogP contribution < -0.4 is 0 Å². The lowest BCUT2D eigenvalue weighted by Crippen LogP contribution is -2.43. The highest BCUT2D eigenvalue weighted by Gasteiger charge is 2.41. The number of nitriles is 1. The summed E-state index contributed by atoms with van der Waals surface area (Å²) in [6, 6.07) is 5.72. The number of carbonyl (C=O) groups is 1. The van der Waals surface area contributed by atoms with Crippen molar-refractivity contribution in [2.75, 3.05) is 13.1 Å². The molecule has 2 heterocycles. The van der Waals surface area contributed by atoms with Gasteiger partial charge in [0.1, 0.15) is 11.6 Å². The Hall–Kier alpha value is -2.19. The van der Waals surface area contributed by atoms with E-state index in [1.165, 1.54) is 19.3 Å². The molecule has 0 amide bonds. The Morgan fingerprint density at radius 1 is 1.25 bits per heavy atom. The van der Waals surface area contributed by atoms with Gasteiger partial charge in [0.05, 0.1) is 23.7 Å². The minimum absolute atomic E-state index is 0.123. The van der Waals surface area contributed by atoms with Crippen molar-refractivity contribution in [2.24, 2.45) is 5.41 Å². The van der Waals surface area contributed by atoms with E-state index in [1.807, 2.05) is 6.07 Å². The zero-order chi connectivity index (χ0) is 16.7. The lowest BCUT2D eigenvalue weighted by atomic mass is 9.63. The number of aliphatic hydroxyl groups is 1. The average Bonchev–Trinajstić information content (AvgIpc) is 2.59. The minimum atomic E-state index is -0.139. The second kappa shape index (κ2) is 5.71. The van der Waals surface area contributed by atoms with Crippen molar-refractivity contribution < 1.29 is 9.90 Å². The molecule has 0 radical (unpaired) electrons. The number of Topliss-reactive ketones (excluding diaryl/α,β-unsaturated/α-hetero) is 1. The van der Waals surface area contributed by atoms with E-state index >= 15 is 0 Å². The van der Waals surface area contributed by atoms with Crippen LogP contribution in [-0.4, -0.2) is 33.9 Å². The standard InChI is InChI=1S/C19H21N3O2/c20-11-15-16(24)10-13-2-3-14(12-23)21-17(13)18(15)22-8-6-19(7-9-22)4-1-5-19/h2-3,23H,1,4-10,12H2. The van der Waals surface area contributed by atoms with E-state index in [4.69, 9.17) is 0 Å². The summed E-state index contributed by atoms with van der Waals surface area (Å²) < 4.78 is 0. The number of carbonyl (C=O) groups excluding carboxylic acids is 1. The molecular weight excluding hydrogens is 302 g/mol. The van der Waals surface area contributed by atoms with Gasteiger partial charge in [-0.3, -0.25) is 4.79 Å². The molecule has 3 aliphatic rings. The number of ketones is 1. The average molecular weight is 323 g/mol. The minimum Gasteiger partial charge on any atom is -0.390 e. The Morgan fingerprint density at radius 3 is 2.58 bits per heavy atom. The van der Waals surface area contributed by atoms with Gasteiger partial charge < -0.3 is 10.0 Å². The highest BCUT2D eigenvalue weighted by Crippen LogP contribution is 2.50. The van der Waals surface area contributed by atoms with E-state index in [0.29, 0.717) is 22.5 Å². The molecule has 5 heteroatoms. The zero-order valence-corrected chi connectivity index (χ0v) is 13.7. The number of likely N-dealkylation sites (tertiary alicyclic amines) is 1. The molecule has 5 nitrogen and oxygen atoms in total. The quantitative estimate of drug-likeness (QED) is 0.903. The topological polar surface area (TPSA) is 77.2 Å². The third-order valence-electron chi connectivity index (χ3n) is 5.96. The van der Waals surface area contributed by atoms with E-state index < -0.39 is 0 Å². The van der Waals surface area contributed by atoms with Crippen molar-refractivity contribution in [1.29, 1.82) is 5.26 Å². The number of aromatic nitrogens is 1. The lowest BCUT2D eigenvalue weighted by Gasteiger charge is -2.49. The number of rotatable bonds is 2. The Balaban J connectivity index is 1.73. The van der Waals surface area contributed by atoms with Crippen LogP contribution in [0.5, 0.6) is 0 Å². The number of hydrogen-bond donors (Lipinski definition) is 1. The van der Waals surface area contributed by atoms with Crippen molar-refractivity contribution in [3.63, 3.8) is 0 Å². The summed E-state index contributed by atoms with van der Waals surface area (Å²) in [5.41, 5.74) is 3.57. The lowest BCUT2D eigenvalue weighted by molar-refractivity contribution is -0.114. The SMILES string of the molecule is N#CC1=C(N2CCC3(CCC3)CC2)c2nc(CO)ccc2CC1=O. The summed E-state index contributed by atoms with van der Waals surface area (Å²) in [6.45, 7) is 1.61. The number of hydrogen-bond acceptors (Lipinski definition) is 5. The van der Waals surface area contributed by atoms with E-state index in [1.54, 1.807) is 6.07 Å². The molecular formula is C19H21N3O2. The van der Waals surface area contributed by atoms with Gasteiger partial charge in [0.25, 0.3) is 0 Å². The molecule has 1 saturated carbocycles. The van der Waals surface area contributed by atoms with Gasteiger partial charge in [0.2, 0.25) is 0 Å². The van der Waals surface area contributed by atoms with Gasteiger partial charge in [-0.25, -0.2) is 4.98 Å². The van der Waals surface area contributed by atoms with Gasteiger partial charge in [-0.05, 0) is 42.7 Å². The van der Waals surface area contributed by atoms with Crippen LogP contribution >= 0.6 is 0 Å². The second-order valence-electron chi connectivity index (χ2n) is 7.24. The van der Waals surface area contributed by atoms with Crippen molar-refractivity contribution in [3.8, 4) is 6.07 Å². The Labute approximate surface area is 141 Å². The molecule has 1 aromatic heterocycles. The van der Waals surface area contributed by atoms with Crippen LogP contribution in [-0.2, 0) is 17.8 Å². The van der Waals surface area contributed by atoms with Gasteiger partial charge >= 0.3 is 0 Å². The Kier molecular flexibility index (Phi) is 3.65. The van der Waals surface area contributed by atoms with Crippen molar-refractivity contribution in [1.82, 2.24) is 9.88 Å². The van der Waals surface area contributed by atoms with Crippen molar-refractivity contribution in [2.45, 2.75) is 45.1 Å². The van der Waals surface area contributed by atoms with E-state index in [9.17, 15) is 15.2 Å². The third-order valence-corrected chi connectivity index (χ3v) is 5.96. The number of piperidine rings is 1. The Morgan fingerprint density at radius 2 is 2.00 bits per heavy atom. The highest BCUT2D eigenvalue weighted by atomic mass is 16.3. The predicted molar refractivity (Wildman–Crippen MR) is 88.5 cm³/mol. The predicted octanol–water partition coefficient (Wildman–Crippen LogP) is 2.20. The van der Waals surface area contributed by atoms with Crippen LogP contribution in [0.3, 0.4) is 0 Å². The summed E-state index contributed by atoms with van der Waals surface area (Å²) in [5.74, 6) is -0.123. The van der Waals surface area contributed by atoms with Crippen LogP contribution in [0, 0.1) is 16.7 Å². The number of pyridine rings is 1. The molecule has 0 bridgehead atoms. The molecule has 1 saturated heterocycles. The van der Waals surface area contributed by atoms with Crippen molar-refractivity contribution in [3.05, 3.63) is 34.7 Å². The van der Waals surface area contributed by atoms with Gasteiger partial charge in [-0.1, -0.05) is 12.5 Å². The van der Waals surface area contributed by atoms with E-state index in [2.05, 4.69) is 16.0 Å². The smallest absolute Gasteiger partial charge is 0.180 e. The molecule has 0 unspecified atom stereocenters. The van der Waals surface area contributed by atoms with Gasteiger partial charge in [-0.2, -0.15) is 5.26 Å². The number of allylic oxidation sites excluding steroid dienone is 1. The van der Waals surface area contributed by atoms with Gasteiger partial charge in [0, 0.05) is 19.5 Å². The van der Waals surface area contributed by atoms with Crippen LogP contribution in [0.2, 0.25) is 0 Å². The fraction of sp³-hybridized carbons (Fsp3) is 0.526. The van der Waals surface area contributed by atoms with E-state index in [-0.39, 0.29) is 24.4 Å². The molecule has 1 aromatic rings. The molecule has 1 N–H and O–H groups in total. The first-order chi connectivity index (χ1) is 11.7. The number of aliphatic hydroxyl groups excluding tert-OH is 1. The largest absolute Gasteiger partial charge is 0.390 e. The first-order valence-corrected chi connectivity index (χ1v) is 8.68. The van der Waals surface area contributed by atoms with Crippen LogP contribution in [0.1, 0.15) is 49.1 Å². The summed E-state index contributed by atoms with van der Waals surface area (Å²) in [6.07, 6.45) is 6.42. The van der Waals surface area contributed by atoms with Crippen LogP contribution in [0.15, 0.2) is 17.7 Å². The molecule has 1 spiro atoms. The zero-order valence-electron chi connectivity index (χ0n) is 13.7. The maximum Gasteiger partial charge on any atom is 0.180 e. The van der Waals surface area contributed by atoms with Crippen LogP contribution in [0.4, 0.5) is 0 Å². The van der Waals surface area contributed by atoms with Gasteiger partial charge in [-0.15, -0.1) is 0 Å². The first kappa shape index (κ1) is 15.3.